The Kier molecular flexibility index (Phi) is 7.69. The van der Waals surface area contributed by atoms with E-state index < -0.39 is 40.6 Å². The summed E-state index contributed by atoms with van der Waals surface area (Å²) >= 11 is 6.50. The molecule has 0 unspecified atom stereocenters. The minimum atomic E-state index is -0.834. The first-order valence-corrected chi connectivity index (χ1v) is 11.6. The van der Waals surface area contributed by atoms with Crippen LogP contribution in [0.4, 0.5) is 10.1 Å². The maximum Gasteiger partial charge on any atom is 0.296 e. The number of nitrogens with zero attached hydrogens (tertiary/aromatic N) is 5. The van der Waals surface area contributed by atoms with Crippen LogP contribution in [0.15, 0.2) is 52.4 Å². The van der Waals surface area contributed by atoms with Crippen LogP contribution in [0.3, 0.4) is 0 Å². The lowest BCUT2D eigenvalue weighted by Crippen LogP contribution is -2.29. The number of rotatable bonds is 9. The molecule has 1 aromatic carbocycles. The van der Waals surface area contributed by atoms with Gasteiger partial charge in [0.25, 0.3) is 11.5 Å². The zero-order valence-corrected chi connectivity index (χ0v) is 20.9. The number of ether oxygens (including phenoxy) is 1. The van der Waals surface area contributed by atoms with Crippen LogP contribution in [0.2, 0.25) is 5.02 Å². The monoisotopic (exact) mass is 530 g/mol. The molecule has 0 radical (unpaired) electrons. The molecule has 4 rings (SSSR count). The molecule has 0 fully saturated rings. The molecule has 0 saturated heterocycles. The summed E-state index contributed by atoms with van der Waals surface area (Å²) < 4.78 is 27.0. The summed E-state index contributed by atoms with van der Waals surface area (Å²) in [5.41, 5.74) is 0.0275. The maximum absolute atomic E-state index is 14.3. The lowest BCUT2D eigenvalue weighted by Gasteiger charge is -2.26. The topological polar surface area (TPSA) is 137 Å². The van der Waals surface area contributed by atoms with Gasteiger partial charge in [-0.1, -0.05) is 23.7 Å². The van der Waals surface area contributed by atoms with Gasteiger partial charge in [0.15, 0.2) is 5.69 Å². The molecule has 3 aromatic heterocycles. The molecule has 0 saturated carbocycles. The number of carbonyl (C=O) groups excluding carboxylic acids is 1. The minimum absolute atomic E-state index is 0.160. The third-order valence-corrected chi connectivity index (χ3v) is 6.29. The first-order chi connectivity index (χ1) is 17.7. The fraction of sp³-hybridized carbons (Fsp3) is 0.292. The van der Waals surface area contributed by atoms with E-state index in [9.17, 15) is 19.1 Å². The summed E-state index contributed by atoms with van der Waals surface area (Å²) in [6, 6.07) is 4.01. The van der Waals surface area contributed by atoms with Gasteiger partial charge in [-0.2, -0.15) is 5.10 Å². The minimum Gasteiger partial charge on any atom is -0.501 e. The molecule has 2 atom stereocenters. The van der Waals surface area contributed by atoms with Crippen LogP contribution >= 0.6 is 11.6 Å². The zero-order valence-electron chi connectivity index (χ0n) is 20.2. The van der Waals surface area contributed by atoms with Crippen LogP contribution in [0, 0.1) is 5.82 Å². The predicted molar refractivity (Wildman–Crippen MR) is 131 cm³/mol. The quantitative estimate of drug-likeness (QED) is 0.336. The highest BCUT2D eigenvalue weighted by atomic mass is 35.5. The predicted octanol–water partition coefficient (Wildman–Crippen LogP) is 3.30. The van der Waals surface area contributed by atoms with Crippen molar-refractivity contribution >= 4 is 23.2 Å². The summed E-state index contributed by atoms with van der Waals surface area (Å²) in [4.78, 5) is 30.1. The van der Waals surface area contributed by atoms with Gasteiger partial charge in [-0.25, -0.2) is 9.37 Å². The summed E-state index contributed by atoms with van der Waals surface area (Å²) in [5.74, 6) is -3.23. The van der Waals surface area contributed by atoms with Crippen molar-refractivity contribution in [1.82, 2.24) is 24.5 Å². The molecule has 37 heavy (non-hydrogen) atoms. The summed E-state index contributed by atoms with van der Waals surface area (Å²) in [7, 11) is 3.00. The van der Waals surface area contributed by atoms with E-state index in [4.69, 9.17) is 20.9 Å². The van der Waals surface area contributed by atoms with Crippen molar-refractivity contribution in [2.45, 2.75) is 25.3 Å². The van der Waals surface area contributed by atoms with Gasteiger partial charge in [0.05, 0.1) is 25.5 Å². The number of methoxy groups -OCH3 is 1. The van der Waals surface area contributed by atoms with Gasteiger partial charge >= 0.3 is 0 Å². The van der Waals surface area contributed by atoms with E-state index in [2.05, 4.69) is 20.6 Å². The zero-order chi connectivity index (χ0) is 26.7. The van der Waals surface area contributed by atoms with Gasteiger partial charge in [-0.05, 0) is 29.3 Å². The van der Waals surface area contributed by atoms with Crippen molar-refractivity contribution < 1.29 is 23.6 Å². The van der Waals surface area contributed by atoms with Crippen LogP contribution in [-0.4, -0.2) is 49.2 Å². The Labute approximate surface area is 215 Å². The second kappa shape index (κ2) is 10.9. The standard InChI is InChI=1S/C24H24ClFN6O5/c1-13(22-30-20(21(33)24(35)31(22)2)23(34)29-16-10-28-37-12-16)19(17-8-15(26)4-5-18(17)25)14-9-27-32(11-14)6-7-36-3/h4-5,8-13,19,33H,6-7H2,1-3H3,(H,29,34)/t13-,19-/m0/s1. The normalized spacial score (nSPS) is 12.9. The van der Waals surface area contributed by atoms with Gasteiger partial charge in [0, 0.05) is 37.2 Å². The number of aromatic nitrogens is 5. The molecule has 2 N–H and O–H groups in total. The third kappa shape index (κ3) is 5.39. The Morgan fingerprint density at radius 1 is 1.35 bits per heavy atom. The molecule has 0 aliphatic rings. The van der Waals surface area contributed by atoms with Gasteiger partial charge < -0.3 is 19.7 Å². The van der Waals surface area contributed by atoms with E-state index in [-0.39, 0.29) is 11.5 Å². The molecule has 0 spiro atoms. The Morgan fingerprint density at radius 2 is 2.14 bits per heavy atom. The average Bonchev–Trinajstić information content (AvgIpc) is 3.56. The molecule has 0 aliphatic carbocycles. The molecule has 4 aromatic rings. The molecule has 13 heteroatoms. The molecule has 0 aliphatic heterocycles. The molecular formula is C24H24ClFN6O5. The smallest absolute Gasteiger partial charge is 0.296 e. The first kappa shape index (κ1) is 26.0. The lowest BCUT2D eigenvalue weighted by atomic mass is 9.82. The van der Waals surface area contributed by atoms with Crippen LogP contribution < -0.4 is 10.9 Å². The Bertz CT molecular complexity index is 1470. The number of hydrogen-bond donors (Lipinski definition) is 2. The van der Waals surface area contributed by atoms with Crippen LogP contribution in [-0.2, 0) is 18.3 Å². The van der Waals surface area contributed by atoms with Gasteiger partial charge in [-0.15, -0.1) is 0 Å². The Morgan fingerprint density at radius 3 is 2.84 bits per heavy atom. The number of carbonyl (C=O) groups is 1. The fourth-order valence-electron chi connectivity index (χ4n) is 4.12. The van der Waals surface area contributed by atoms with E-state index in [0.717, 1.165) is 4.57 Å². The highest BCUT2D eigenvalue weighted by molar-refractivity contribution is 6.31. The number of anilines is 1. The first-order valence-electron chi connectivity index (χ1n) is 11.2. The van der Waals surface area contributed by atoms with Crippen molar-refractivity contribution in [3.63, 3.8) is 0 Å². The highest BCUT2D eigenvalue weighted by Crippen LogP contribution is 2.40. The fourth-order valence-corrected chi connectivity index (χ4v) is 4.35. The number of hydrogen-bond acceptors (Lipinski definition) is 8. The van der Waals surface area contributed by atoms with Crippen molar-refractivity contribution in [3.05, 3.63) is 86.9 Å². The van der Waals surface area contributed by atoms with Crippen LogP contribution in [0.25, 0.3) is 0 Å². The molecule has 3 heterocycles. The van der Waals surface area contributed by atoms with Gasteiger partial charge in [0.1, 0.15) is 23.6 Å². The molecule has 194 valence electrons. The van der Waals surface area contributed by atoms with Crippen molar-refractivity contribution in [2.75, 3.05) is 19.0 Å². The van der Waals surface area contributed by atoms with E-state index in [1.807, 2.05) is 0 Å². The van der Waals surface area contributed by atoms with Crippen LogP contribution in [0.5, 0.6) is 5.75 Å². The molecule has 11 nitrogen and oxygen atoms in total. The highest BCUT2D eigenvalue weighted by Gasteiger charge is 2.31. The second-order valence-corrected chi connectivity index (χ2v) is 8.77. The van der Waals surface area contributed by atoms with Crippen molar-refractivity contribution in [3.8, 4) is 5.75 Å². The number of aromatic hydroxyl groups is 1. The Balaban J connectivity index is 1.82. The number of nitrogens with one attached hydrogen (secondary N) is 1. The van der Waals surface area contributed by atoms with E-state index in [1.165, 1.54) is 37.7 Å². The van der Waals surface area contributed by atoms with E-state index in [1.54, 1.807) is 31.1 Å². The number of benzene rings is 1. The Hall–Kier alpha value is -4.03. The number of amides is 1. The van der Waals surface area contributed by atoms with E-state index in [0.29, 0.717) is 29.3 Å². The van der Waals surface area contributed by atoms with Gasteiger partial charge in [0.2, 0.25) is 5.75 Å². The lowest BCUT2D eigenvalue weighted by molar-refractivity contribution is 0.101. The molecular weight excluding hydrogens is 507 g/mol. The van der Waals surface area contributed by atoms with Crippen LogP contribution in [0.1, 0.15) is 46.2 Å². The van der Waals surface area contributed by atoms with Crippen molar-refractivity contribution in [1.29, 1.82) is 0 Å². The summed E-state index contributed by atoms with van der Waals surface area (Å²) in [5, 5.41) is 21.1. The second-order valence-electron chi connectivity index (χ2n) is 8.36. The van der Waals surface area contributed by atoms with E-state index >= 15 is 0 Å². The average molecular weight is 531 g/mol. The summed E-state index contributed by atoms with van der Waals surface area (Å²) in [6.07, 6.45) is 5.83. The molecule has 0 bridgehead atoms. The maximum atomic E-state index is 14.3. The largest absolute Gasteiger partial charge is 0.501 e. The number of halogens is 2. The van der Waals surface area contributed by atoms with Crippen molar-refractivity contribution in [2.24, 2.45) is 7.05 Å². The SMILES string of the molecule is COCCn1cc([C@@H](c2cc(F)ccc2Cl)[C@H](C)c2nc(C(=O)Nc3cnoc3)c(O)c(=O)n2C)cn1. The van der Waals surface area contributed by atoms with Gasteiger partial charge in [-0.3, -0.25) is 18.8 Å². The summed E-state index contributed by atoms with van der Waals surface area (Å²) in [6.45, 7) is 2.68. The third-order valence-electron chi connectivity index (χ3n) is 5.94. The molecule has 1 amide bonds.